The van der Waals surface area contributed by atoms with Crippen molar-refractivity contribution in [3.8, 4) is 11.4 Å². The van der Waals surface area contributed by atoms with E-state index in [2.05, 4.69) is 9.97 Å². The predicted octanol–water partition coefficient (Wildman–Crippen LogP) is 3.87. The van der Waals surface area contributed by atoms with E-state index in [9.17, 15) is 0 Å². The minimum Gasteiger partial charge on any atom is -0.492 e. The lowest BCUT2D eigenvalue weighted by Crippen LogP contribution is -2.04. The first-order chi connectivity index (χ1) is 10.2. The van der Waals surface area contributed by atoms with Gasteiger partial charge in [0, 0.05) is 5.69 Å². The summed E-state index contributed by atoms with van der Waals surface area (Å²) in [7, 11) is 0. The highest BCUT2D eigenvalue weighted by atomic mass is 35.5. The van der Waals surface area contributed by atoms with Gasteiger partial charge in [-0.25, -0.2) is 9.97 Å². The number of rotatable bonds is 4. The molecular formula is C16H16ClN3O. The average Bonchev–Trinajstić information content (AvgIpc) is 2.86. The van der Waals surface area contributed by atoms with E-state index in [1.165, 1.54) is 0 Å². The maximum absolute atomic E-state index is 6.07. The van der Waals surface area contributed by atoms with Gasteiger partial charge in [-0.15, -0.1) is 11.6 Å². The molecule has 0 unspecified atom stereocenters. The number of aryl methyl sites for hydroxylation is 1. The molecule has 0 fully saturated rings. The maximum Gasteiger partial charge on any atom is 0.165 e. The van der Waals surface area contributed by atoms with Crippen molar-refractivity contribution in [2.75, 3.05) is 6.61 Å². The Balaban J connectivity index is 2.30. The van der Waals surface area contributed by atoms with Gasteiger partial charge in [-0.1, -0.05) is 12.1 Å². The largest absolute Gasteiger partial charge is 0.492 e. The van der Waals surface area contributed by atoms with Crippen LogP contribution in [-0.4, -0.2) is 21.1 Å². The molecule has 0 spiro atoms. The lowest BCUT2D eigenvalue weighted by Gasteiger charge is -2.13. The second kappa shape index (κ2) is 5.74. The Morgan fingerprint density at radius 2 is 1.95 bits per heavy atom. The average molecular weight is 302 g/mol. The minimum atomic E-state index is 0.315. The fourth-order valence-electron chi connectivity index (χ4n) is 2.36. The fourth-order valence-corrected chi connectivity index (χ4v) is 2.54. The van der Waals surface area contributed by atoms with Gasteiger partial charge in [-0.2, -0.15) is 0 Å². The predicted molar refractivity (Wildman–Crippen MR) is 84.3 cm³/mol. The van der Waals surface area contributed by atoms with Crippen LogP contribution in [0.5, 0.6) is 5.75 Å². The van der Waals surface area contributed by atoms with Crippen LogP contribution >= 0.6 is 11.6 Å². The standard InChI is InChI=1S/C16H16ClN3O/c1-3-21-14-7-5-4-6-13(14)20-15(10-17)19-12-9-8-11(2)18-16(12)20/h4-9H,3,10H2,1-2H3. The number of imidazole rings is 1. The number of pyridine rings is 1. The van der Waals surface area contributed by atoms with Crippen molar-refractivity contribution in [3.05, 3.63) is 47.9 Å². The van der Waals surface area contributed by atoms with Gasteiger partial charge in [-0.3, -0.25) is 4.57 Å². The van der Waals surface area contributed by atoms with E-state index in [1.54, 1.807) is 0 Å². The third-order valence-corrected chi connectivity index (χ3v) is 3.48. The van der Waals surface area contributed by atoms with E-state index in [0.717, 1.165) is 34.1 Å². The number of fused-ring (bicyclic) bond motifs is 1. The van der Waals surface area contributed by atoms with Gasteiger partial charge in [0.25, 0.3) is 0 Å². The van der Waals surface area contributed by atoms with Crippen LogP contribution in [0.15, 0.2) is 36.4 Å². The van der Waals surface area contributed by atoms with E-state index < -0.39 is 0 Å². The van der Waals surface area contributed by atoms with Gasteiger partial charge in [-0.05, 0) is 38.1 Å². The molecule has 0 bridgehead atoms. The summed E-state index contributed by atoms with van der Waals surface area (Å²) in [6, 6.07) is 11.8. The van der Waals surface area contributed by atoms with Crippen LogP contribution in [-0.2, 0) is 5.88 Å². The summed E-state index contributed by atoms with van der Waals surface area (Å²) >= 11 is 6.07. The summed E-state index contributed by atoms with van der Waals surface area (Å²) in [4.78, 5) is 9.17. The Bertz CT molecular complexity index is 782. The van der Waals surface area contributed by atoms with Crippen LogP contribution in [0, 0.1) is 6.92 Å². The van der Waals surface area contributed by atoms with Crippen LogP contribution in [0.4, 0.5) is 0 Å². The van der Waals surface area contributed by atoms with Gasteiger partial charge in [0.2, 0.25) is 0 Å². The van der Waals surface area contributed by atoms with Crippen molar-refractivity contribution in [1.29, 1.82) is 0 Å². The molecule has 0 saturated heterocycles. The molecule has 21 heavy (non-hydrogen) atoms. The van der Waals surface area contributed by atoms with Gasteiger partial charge < -0.3 is 4.74 Å². The topological polar surface area (TPSA) is 39.9 Å². The normalized spacial score (nSPS) is 11.0. The summed E-state index contributed by atoms with van der Waals surface area (Å²) < 4.78 is 7.69. The SMILES string of the molecule is CCOc1ccccc1-n1c(CCl)nc2ccc(C)nc21. The summed E-state index contributed by atoms with van der Waals surface area (Å²) in [6.45, 7) is 4.53. The monoisotopic (exact) mass is 301 g/mol. The highest BCUT2D eigenvalue weighted by Crippen LogP contribution is 2.28. The molecule has 0 aliphatic carbocycles. The second-order valence-electron chi connectivity index (χ2n) is 4.69. The van der Waals surface area contributed by atoms with Crippen LogP contribution in [0.2, 0.25) is 0 Å². The third kappa shape index (κ3) is 2.47. The summed E-state index contributed by atoms with van der Waals surface area (Å²) in [5, 5.41) is 0. The van der Waals surface area contributed by atoms with Gasteiger partial charge in [0.1, 0.15) is 17.1 Å². The molecule has 0 aliphatic heterocycles. The van der Waals surface area contributed by atoms with Gasteiger partial charge >= 0.3 is 0 Å². The zero-order valence-electron chi connectivity index (χ0n) is 12.0. The number of nitrogens with zero attached hydrogens (tertiary/aromatic N) is 3. The van der Waals surface area contributed by atoms with E-state index in [1.807, 2.05) is 54.8 Å². The molecule has 5 heteroatoms. The van der Waals surface area contributed by atoms with Crippen molar-refractivity contribution < 1.29 is 4.74 Å². The Hall–Kier alpha value is -2.07. The Morgan fingerprint density at radius 1 is 1.14 bits per heavy atom. The number of halogens is 1. The van der Waals surface area contributed by atoms with Crippen molar-refractivity contribution in [2.45, 2.75) is 19.7 Å². The van der Waals surface area contributed by atoms with Crippen molar-refractivity contribution in [3.63, 3.8) is 0 Å². The fraction of sp³-hybridized carbons (Fsp3) is 0.250. The zero-order chi connectivity index (χ0) is 14.8. The molecule has 0 radical (unpaired) electrons. The number of ether oxygens (including phenoxy) is 1. The quantitative estimate of drug-likeness (QED) is 0.687. The Labute approximate surface area is 128 Å². The molecule has 1 aromatic carbocycles. The molecule has 4 nitrogen and oxygen atoms in total. The molecule has 0 saturated carbocycles. The molecule has 108 valence electrons. The summed E-state index contributed by atoms with van der Waals surface area (Å²) in [6.07, 6.45) is 0. The third-order valence-electron chi connectivity index (χ3n) is 3.24. The van der Waals surface area contributed by atoms with E-state index >= 15 is 0 Å². The lowest BCUT2D eigenvalue weighted by molar-refractivity contribution is 0.339. The maximum atomic E-state index is 6.07. The smallest absolute Gasteiger partial charge is 0.165 e. The molecule has 3 rings (SSSR count). The Kier molecular flexibility index (Phi) is 3.80. The van der Waals surface area contributed by atoms with Crippen molar-refractivity contribution in [2.24, 2.45) is 0 Å². The minimum absolute atomic E-state index is 0.315. The Morgan fingerprint density at radius 3 is 2.71 bits per heavy atom. The molecule has 0 N–H and O–H groups in total. The number of aromatic nitrogens is 3. The number of benzene rings is 1. The lowest BCUT2D eigenvalue weighted by atomic mass is 10.3. The van der Waals surface area contributed by atoms with Crippen LogP contribution in [0.25, 0.3) is 16.9 Å². The first kappa shape index (κ1) is 13.9. The molecule has 3 aromatic rings. The van der Waals surface area contributed by atoms with E-state index in [0.29, 0.717) is 12.5 Å². The van der Waals surface area contributed by atoms with E-state index in [-0.39, 0.29) is 0 Å². The molecule has 2 aromatic heterocycles. The highest BCUT2D eigenvalue weighted by molar-refractivity contribution is 6.17. The first-order valence-electron chi connectivity index (χ1n) is 6.87. The van der Waals surface area contributed by atoms with Gasteiger partial charge in [0.15, 0.2) is 5.65 Å². The zero-order valence-corrected chi connectivity index (χ0v) is 12.8. The number of hydrogen-bond acceptors (Lipinski definition) is 3. The second-order valence-corrected chi connectivity index (χ2v) is 4.96. The molecule has 0 aliphatic rings. The molecular weight excluding hydrogens is 286 g/mol. The number of hydrogen-bond donors (Lipinski definition) is 0. The van der Waals surface area contributed by atoms with Crippen LogP contribution in [0.1, 0.15) is 18.4 Å². The number of para-hydroxylation sites is 2. The highest BCUT2D eigenvalue weighted by Gasteiger charge is 2.16. The number of alkyl halides is 1. The van der Waals surface area contributed by atoms with Crippen molar-refractivity contribution >= 4 is 22.8 Å². The van der Waals surface area contributed by atoms with Crippen molar-refractivity contribution in [1.82, 2.24) is 14.5 Å². The molecule has 2 heterocycles. The molecule has 0 amide bonds. The van der Waals surface area contributed by atoms with Gasteiger partial charge in [0.05, 0.1) is 18.2 Å². The summed E-state index contributed by atoms with van der Waals surface area (Å²) in [5.74, 6) is 1.88. The molecule has 0 atom stereocenters. The van der Waals surface area contributed by atoms with E-state index in [4.69, 9.17) is 16.3 Å². The van der Waals surface area contributed by atoms with Crippen LogP contribution < -0.4 is 4.74 Å². The summed E-state index contributed by atoms with van der Waals surface area (Å²) in [5.41, 5.74) is 3.50. The first-order valence-corrected chi connectivity index (χ1v) is 7.41. The van der Waals surface area contributed by atoms with Crippen LogP contribution in [0.3, 0.4) is 0 Å².